The lowest BCUT2D eigenvalue weighted by atomic mass is 9.84. The van der Waals surface area contributed by atoms with Gasteiger partial charge in [0.1, 0.15) is 17.2 Å². The zero-order chi connectivity index (χ0) is 51.5. The van der Waals surface area contributed by atoms with Gasteiger partial charge in [-0.15, -0.1) is 11.3 Å². The van der Waals surface area contributed by atoms with Gasteiger partial charge in [0, 0.05) is 111 Å². The van der Waals surface area contributed by atoms with E-state index in [1.165, 1.54) is 21.2 Å². The lowest BCUT2D eigenvalue weighted by Gasteiger charge is -2.43. The first-order valence-electron chi connectivity index (χ1n) is 24.7. The third-order valence-electron chi connectivity index (χ3n) is 13.8. The Morgan fingerprint density at radius 1 is 1.11 bits per heavy atom. The number of thiazole rings is 1. The van der Waals surface area contributed by atoms with Crippen LogP contribution in [0.15, 0.2) is 54.1 Å². The van der Waals surface area contributed by atoms with Crippen LogP contribution in [0.1, 0.15) is 83.7 Å². The summed E-state index contributed by atoms with van der Waals surface area (Å²) >= 11 is 1.40. The van der Waals surface area contributed by atoms with Crippen LogP contribution in [0.2, 0.25) is 0 Å². The Kier molecular flexibility index (Phi) is 16.6. The molecule has 2 fully saturated rings. The van der Waals surface area contributed by atoms with Crippen LogP contribution in [0.4, 0.5) is 4.79 Å². The number of urea groups is 1. The first-order chi connectivity index (χ1) is 33.7. The molecule has 17 nitrogen and oxygen atoms in total. The van der Waals surface area contributed by atoms with Gasteiger partial charge >= 0.3 is 12.0 Å². The average Bonchev–Trinajstić information content (AvgIpc) is 3.93. The number of methoxy groups -OCH3 is 1. The largest absolute Gasteiger partial charge is 0.464 e. The Labute approximate surface area is 425 Å². The number of piperazine rings is 1. The predicted octanol–water partition coefficient (Wildman–Crippen LogP) is 5.43. The summed E-state index contributed by atoms with van der Waals surface area (Å²) in [6.07, 6.45) is 6.31. The zero-order valence-corrected chi connectivity index (χ0v) is 45.0. The second-order valence-electron chi connectivity index (χ2n) is 20.6. The maximum atomic E-state index is 14.8. The number of carbonyl (C=O) groups is 5. The zero-order valence-electron chi connectivity index (χ0n) is 43.2. The van der Waals surface area contributed by atoms with Crippen molar-refractivity contribution in [3.63, 3.8) is 0 Å². The molecule has 2 N–H and O–H groups in total. The number of ether oxygens (including phenoxy) is 2. The number of benzene rings is 1. The van der Waals surface area contributed by atoms with E-state index in [-0.39, 0.29) is 49.6 Å². The van der Waals surface area contributed by atoms with Gasteiger partial charge in [0.15, 0.2) is 0 Å². The van der Waals surface area contributed by atoms with E-state index in [1.54, 1.807) is 36.2 Å². The van der Waals surface area contributed by atoms with Crippen molar-refractivity contribution < 1.29 is 33.4 Å². The number of hydrogen-bond acceptors (Lipinski definition) is 12. The fourth-order valence-corrected chi connectivity index (χ4v) is 11.3. The summed E-state index contributed by atoms with van der Waals surface area (Å²) in [4.78, 5) is 87.7. The first-order valence-corrected chi connectivity index (χ1v) is 26.1. The molecular weight excluding hydrogens is 937 g/mol. The third-order valence-corrected chi connectivity index (χ3v) is 15.3. The number of amides is 5. The smallest absolute Gasteiger partial charge is 0.323 e. The van der Waals surface area contributed by atoms with Crippen molar-refractivity contribution in [3.05, 3.63) is 70.3 Å². The summed E-state index contributed by atoms with van der Waals surface area (Å²) in [7, 11) is 10.9. The molecule has 5 amide bonds. The Morgan fingerprint density at radius 3 is 2.56 bits per heavy atom. The maximum Gasteiger partial charge on any atom is 0.323 e. The van der Waals surface area contributed by atoms with Gasteiger partial charge in [-0.05, 0) is 89.9 Å². The minimum Gasteiger partial charge on any atom is -0.464 e. The molecule has 0 saturated carbocycles. The van der Waals surface area contributed by atoms with Gasteiger partial charge in [0.25, 0.3) is 5.91 Å². The fourth-order valence-electron chi connectivity index (χ4n) is 10.0. The molecule has 6 bridgehead atoms. The second kappa shape index (κ2) is 22.1. The van der Waals surface area contributed by atoms with E-state index in [4.69, 9.17) is 19.4 Å². The molecule has 3 aromatic heterocycles. The van der Waals surface area contributed by atoms with Crippen LogP contribution < -0.4 is 10.7 Å². The number of hydrazine groups is 1. The van der Waals surface area contributed by atoms with Gasteiger partial charge in [-0.2, -0.15) is 0 Å². The number of hydrogen-bond donors (Lipinski definition) is 2. The number of cyclic esters (lactones) is 1. The van der Waals surface area contributed by atoms with Crippen molar-refractivity contribution in [1.29, 1.82) is 0 Å². The van der Waals surface area contributed by atoms with E-state index in [1.807, 2.05) is 64.2 Å². The summed E-state index contributed by atoms with van der Waals surface area (Å²) < 4.78 is 14.3. The number of nitrogens with one attached hydrogen (secondary N) is 2. The molecule has 4 aromatic rings. The summed E-state index contributed by atoms with van der Waals surface area (Å²) in [6, 6.07) is 7.64. The molecule has 3 radical (unpaired) electrons. The molecule has 19 heteroatoms. The molecule has 0 spiro atoms. The number of carbonyl (C=O) groups excluding carboxylic acids is 5. The molecular formula is C52H71N10O7SSi. The maximum absolute atomic E-state index is 14.8. The SMILES string of the molecule is CCn1c(-c2cccnc2[C@H](C)OC)c2c3cc(ccc31)-c1csc(n1)C[C@H](NC(=O)[C@H](C(C)C)N(C)C(=O)N1CCN(C(=O)/C=C/CN(C)C)C[C@@H]1C)C(=O)N1CCC[C@@]([Si])(N1)C(=O)OCC(C)(C)C2. The Bertz CT molecular complexity index is 2650. The van der Waals surface area contributed by atoms with Crippen molar-refractivity contribution in [2.45, 2.75) is 110 Å². The summed E-state index contributed by atoms with van der Waals surface area (Å²) in [5.74, 6) is -1.99. The molecule has 3 aliphatic heterocycles. The predicted molar refractivity (Wildman–Crippen MR) is 276 cm³/mol. The number of nitrogens with zero attached hydrogens (tertiary/aromatic N) is 8. The van der Waals surface area contributed by atoms with Gasteiger partial charge < -0.3 is 39.0 Å². The van der Waals surface area contributed by atoms with Crippen LogP contribution in [-0.2, 0) is 48.0 Å². The van der Waals surface area contributed by atoms with Crippen molar-refractivity contribution in [1.82, 2.24) is 49.9 Å². The second-order valence-corrected chi connectivity index (χ2v) is 22.4. The highest BCUT2D eigenvalue weighted by Gasteiger charge is 2.44. The van der Waals surface area contributed by atoms with Crippen molar-refractivity contribution >= 4 is 62.2 Å². The number of likely N-dealkylation sites (N-methyl/N-ethyl adjacent to an activating group) is 2. The number of rotatable bonds is 11. The molecule has 7 rings (SSSR count). The van der Waals surface area contributed by atoms with E-state index in [0.29, 0.717) is 57.0 Å². The molecule has 0 unspecified atom stereocenters. The first kappa shape index (κ1) is 53.3. The topological polar surface area (TPSA) is 175 Å². The van der Waals surface area contributed by atoms with Crippen LogP contribution in [0.5, 0.6) is 0 Å². The fraction of sp³-hybridized carbons (Fsp3) is 0.558. The van der Waals surface area contributed by atoms with Crippen molar-refractivity contribution in [2.24, 2.45) is 11.3 Å². The van der Waals surface area contributed by atoms with Gasteiger partial charge in [-0.25, -0.2) is 15.2 Å². The number of esters is 1. The standard InChI is InChI=1S/C52H71N10O7SSi/c1-12-60-41-19-18-35-26-37(41)38(46(60)36-16-13-21-53-44(36)34(5)68-11)28-51(6,7)31-69-49(66)52(71)20-15-23-62(56-52)48(65)39(27-42-54-40(35)30-70-42)55-47(64)45(32(2)3)58(10)50(67)61-25-24-59(29-33(61)4)43(63)17-14-22-57(8)9/h13-14,16-19,21,26,30,32-34,39,45,56H,12,15,20,22-25,27-29,31H2,1-11H3,(H,55,64)/b17-14+/t33-,34-,39-,45-,52-/m0/s1. The highest BCUT2D eigenvalue weighted by Crippen LogP contribution is 2.42. The number of aromatic nitrogens is 3. The summed E-state index contributed by atoms with van der Waals surface area (Å²) in [6.45, 7) is 16.6. The Hall–Kier alpha value is -5.47. The highest BCUT2D eigenvalue weighted by atomic mass is 32.1. The van der Waals surface area contributed by atoms with Gasteiger partial charge in [0.2, 0.25) is 11.8 Å². The molecule has 3 aliphatic rings. The van der Waals surface area contributed by atoms with Crippen LogP contribution >= 0.6 is 11.3 Å². The van der Waals surface area contributed by atoms with E-state index in [0.717, 1.165) is 44.7 Å². The lowest BCUT2D eigenvalue weighted by molar-refractivity contribution is -0.158. The molecule has 381 valence electrons. The number of aryl methyl sites for hydroxylation is 1. The molecule has 1 aromatic carbocycles. The molecule has 71 heavy (non-hydrogen) atoms. The van der Waals surface area contributed by atoms with E-state index in [2.05, 4.69) is 70.6 Å². The summed E-state index contributed by atoms with van der Waals surface area (Å²) in [5, 5.41) is 6.62. The van der Waals surface area contributed by atoms with Crippen molar-refractivity contribution in [2.75, 3.05) is 67.6 Å². The molecule has 2 saturated heterocycles. The minimum atomic E-state index is -1.43. The Morgan fingerprint density at radius 2 is 1.87 bits per heavy atom. The van der Waals surface area contributed by atoms with E-state index < -0.39 is 40.4 Å². The van der Waals surface area contributed by atoms with Crippen LogP contribution in [0, 0.1) is 11.3 Å². The molecule has 0 aliphatic carbocycles. The summed E-state index contributed by atoms with van der Waals surface area (Å²) in [5.41, 5.74) is 9.14. The van der Waals surface area contributed by atoms with Crippen LogP contribution in [-0.4, -0.2) is 170 Å². The van der Waals surface area contributed by atoms with Gasteiger partial charge in [-0.1, -0.05) is 39.8 Å². The van der Waals surface area contributed by atoms with Crippen molar-refractivity contribution in [3.8, 4) is 22.5 Å². The molecule has 5 atom stereocenters. The number of pyridine rings is 1. The normalized spacial score (nSPS) is 21.9. The lowest BCUT2D eigenvalue weighted by Crippen LogP contribution is -2.68. The van der Waals surface area contributed by atoms with E-state index in [9.17, 15) is 24.0 Å². The van der Waals surface area contributed by atoms with Gasteiger partial charge in [-0.3, -0.25) is 29.2 Å². The van der Waals surface area contributed by atoms with Crippen LogP contribution in [0.25, 0.3) is 33.4 Å². The monoisotopic (exact) mass is 1010 g/mol. The van der Waals surface area contributed by atoms with Gasteiger partial charge in [0.05, 0.1) is 45.0 Å². The molecule has 6 heterocycles. The Balaban J connectivity index is 1.23. The minimum absolute atomic E-state index is 0.0462. The highest BCUT2D eigenvalue weighted by molar-refractivity contribution is 7.10. The van der Waals surface area contributed by atoms with Crippen LogP contribution in [0.3, 0.4) is 0 Å². The quantitative estimate of drug-likeness (QED) is 0.112. The average molecular weight is 1010 g/mol. The van der Waals surface area contributed by atoms with E-state index >= 15 is 0 Å². The number of fused-ring (bicyclic) bond motifs is 6. The third kappa shape index (κ3) is 11.6.